The van der Waals surface area contributed by atoms with Gasteiger partial charge in [0.15, 0.2) is 6.10 Å². The molecular formula is C17H18ClFN2O5. The van der Waals surface area contributed by atoms with E-state index in [0.29, 0.717) is 39.0 Å². The van der Waals surface area contributed by atoms with E-state index in [0.717, 1.165) is 6.07 Å². The van der Waals surface area contributed by atoms with Crippen LogP contribution in [-0.4, -0.2) is 71.1 Å². The SMILES string of the molecule is O=C(O)[C@H]1CC[C@@H](C(=O)N2CCN(C(=O)c3ccc(F)cc3Cl)CC2)O1. The zero-order valence-electron chi connectivity index (χ0n) is 13.9. The Morgan fingerprint density at radius 1 is 1.08 bits per heavy atom. The van der Waals surface area contributed by atoms with Gasteiger partial charge in [0.25, 0.3) is 11.8 Å². The van der Waals surface area contributed by atoms with Gasteiger partial charge in [-0.05, 0) is 31.0 Å². The van der Waals surface area contributed by atoms with E-state index in [1.807, 2.05) is 0 Å². The molecule has 140 valence electrons. The van der Waals surface area contributed by atoms with Crippen molar-refractivity contribution in [1.29, 1.82) is 0 Å². The number of carboxylic acid groups (broad SMARTS) is 1. The molecule has 0 aliphatic carbocycles. The average molecular weight is 385 g/mol. The van der Waals surface area contributed by atoms with Crippen LogP contribution < -0.4 is 0 Å². The van der Waals surface area contributed by atoms with Gasteiger partial charge in [0, 0.05) is 26.2 Å². The second-order valence-corrected chi connectivity index (χ2v) is 6.68. The summed E-state index contributed by atoms with van der Waals surface area (Å²) in [5.41, 5.74) is 0.219. The van der Waals surface area contributed by atoms with E-state index >= 15 is 0 Å². The van der Waals surface area contributed by atoms with Crippen LogP contribution in [0.2, 0.25) is 5.02 Å². The number of nitrogens with zero attached hydrogens (tertiary/aromatic N) is 2. The fourth-order valence-corrected chi connectivity index (χ4v) is 3.42. The van der Waals surface area contributed by atoms with Gasteiger partial charge in [0.1, 0.15) is 11.9 Å². The van der Waals surface area contributed by atoms with Crippen molar-refractivity contribution in [3.63, 3.8) is 0 Å². The summed E-state index contributed by atoms with van der Waals surface area (Å²) in [6, 6.07) is 3.61. The third-order valence-electron chi connectivity index (χ3n) is 4.61. The Hall–Kier alpha value is -2.19. The largest absolute Gasteiger partial charge is 0.479 e. The van der Waals surface area contributed by atoms with Gasteiger partial charge in [-0.15, -0.1) is 0 Å². The minimum absolute atomic E-state index is 0.0487. The monoisotopic (exact) mass is 384 g/mol. The molecule has 2 fully saturated rings. The summed E-state index contributed by atoms with van der Waals surface area (Å²) in [4.78, 5) is 39.0. The molecule has 0 unspecified atom stereocenters. The summed E-state index contributed by atoms with van der Waals surface area (Å²) < 4.78 is 18.4. The van der Waals surface area contributed by atoms with Crippen molar-refractivity contribution < 1.29 is 28.6 Å². The van der Waals surface area contributed by atoms with E-state index in [4.69, 9.17) is 21.4 Å². The molecule has 0 saturated carbocycles. The van der Waals surface area contributed by atoms with Crippen LogP contribution in [0.1, 0.15) is 23.2 Å². The normalized spacial score (nSPS) is 23.2. The molecular weight excluding hydrogens is 367 g/mol. The summed E-state index contributed by atoms with van der Waals surface area (Å²) >= 11 is 5.93. The zero-order valence-corrected chi connectivity index (χ0v) is 14.6. The van der Waals surface area contributed by atoms with Crippen molar-refractivity contribution >= 4 is 29.4 Å². The lowest BCUT2D eigenvalue weighted by Crippen LogP contribution is -2.53. The van der Waals surface area contributed by atoms with Gasteiger partial charge < -0.3 is 19.6 Å². The van der Waals surface area contributed by atoms with Gasteiger partial charge in [-0.3, -0.25) is 9.59 Å². The minimum Gasteiger partial charge on any atom is -0.479 e. The topological polar surface area (TPSA) is 87.2 Å². The summed E-state index contributed by atoms with van der Waals surface area (Å²) in [5, 5.41) is 8.99. The molecule has 0 spiro atoms. The minimum atomic E-state index is -1.06. The predicted molar refractivity (Wildman–Crippen MR) is 89.4 cm³/mol. The second kappa shape index (κ2) is 7.59. The van der Waals surface area contributed by atoms with Crippen molar-refractivity contribution in [2.24, 2.45) is 0 Å². The highest BCUT2D eigenvalue weighted by Gasteiger charge is 2.38. The van der Waals surface area contributed by atoms with Crippen LogP contribution in [0.3, 0.4) is 0 Å². The number of piperazine rings is 1. The molecule has 2 heterocycles. The molecule has 1 aromatic rings. The maximum Gasteiger partial charge on any atom is 0.332 e. The zero-order chi connectivity index (χ0) is 18.8. The van der Waals surface area contributed by atoms with Gasteiger partial charge in [0.2, 0.25) is 0 Å². The summed E-state index contributed by atoms with van der Waals surface area (Å²) in [6.45, 7) is 1.27. The van der Waals surface area contributed by atoms with Crippen molar-refractivity contribution in [3.8, 4) is 0 Å². The molecule has 1 N–H and O–H groups in total. The lowest BCUT2D eigenvalue weighted by atomic mass is 10.1. The molecule has 0 radical (unpaired) electrons. The van der Waals surface area contributed by atoms with Crippen LogP contribution in [0.5, 0.6) is 0 Å². The molecule has 2 aliphatic heterocycles. The summed E-state index contributed by atoms with van der Waals surface area (Å²) in [5.74, 6) is -2.14. The fourth-order valence-electron chi connectivity index (χ4n) is 3.17. The number of aliphatic carboxylic acids is 1. The molecule has 1 aromatic carbocycles. The Labute approximate surface area is 154 Å². The molecule has 2 saturated heterocycles. The van der Waals surface area contributed by atoms with Crippen LogP contribution in [0, 0.1) is 5.82 Å². The first-order chi connectivity index (χ1) is 12.4. The quantitative estimate of drug-likeness (QED) is 0.851. The molecule has 26 heavy (non-hydrogen) atoms. The average Bonchev–Trinajstić information content (AvgIpc) is 3.11. The number of carbonyl (C=O) groups excluding carboxylic acids is 2. The highest BCUT2D eigenvalue weighted by molar-refractivity contribution is 6.33. The molecule has 0 bridgehead atoms. The molecule has 2 atom stereocenters. The van der Waals surface area contributed by atoms with Crippen molar-refractivity contribution in [1.82, 2.24) is 9.80 Å². The van der Waals surface area contributed by atoms with Crippen molar-refractivity contribution in [2.75, 3.05) is 26.2 Å². The van der Waals surface area contributed by atoms with E-state index in [1.54, 1.807) is 9.80 Å². The van der Waals surface area contributed by atoms with Crippen molar-refractivity contribution in [3.05, 3.63) is 34.6 Å². The first-order valence-corrected chi connectivity index (χ1v) is 8.66. The van der Waals surface area contributed by atoms with Gasteiger partial charge in [-0.2, -0.15) is 0 Å². The number of hydrogen-bond acceptors (Lipinski definition) is 4. The van der Waals surface area contributed by atoms with Crippen LogP contribution in [0.25, 0.3) is 0 Å². The Bertz CT molecular complexity index is 736. The summed E-state index contributed by atoms with van der Waals surface area (Å²) in [6.07, 6.45) is -0.995. The first kappa shape index (κ1) is 18.6. The number of hydrogen-bond donors (Lipinski definition) is 1. The van der Waals surface area contributed by atoms with E-state index < -0.39 is 24.0 Å². The van der Waals surface area contributed by atoms with Crippen LogP contribution in [0.4, 0.5) is 4.39 Å². The third kappa shape index (κ3) is 3.81. The smallest absolute Gasteiger partial charge is 0.332 e. The second-order valence-electron chi connectivity index (χ2n) is 6.27. The number of rotatable bonds is 3. The number of carboxylic acids is 1. The Morgan fingerprint density at radius 3 is 2.27 bits per heavy atom. The molecule has 9 heteroatoms. The van der Waals surface area contributed by atoms with E-state index in [9.17, 15) is 18.8 Å². The number of ether oxygens (including phenoxy) is 1. The number of carbonyl (C=O) groups is 3. The summed E-state index contributed by atoms with van der Waals surface area (Å²) in [7, 11) is 0. The highest BCUT2D eigenvalue weighted by Crippen LogP contribution is 2.23. The van der Waals surface area contributed by atoms with Crippen molar-refractivity contribution in [2.45, 2.75) is 25.0 Å². The lowest BCUT2D eigenvalue weighted by Gasteiger charge is -2.36. The molecule has 3 rings (SSSR count). The van der Waals surface area contributed by atoms with Crippen LogP contribution >= 0.6 is 11.6 Å². The van der Waals surface area contributed by atoms with Crippen LogP contribution in [-0.2, 0) is 14.3 Å². The standard InChI is InChI=1S/C17H18ClFN2O5/c18-12-9-10(19)1-2-11(12)15(22)20-5-7-21(8-6-20)16(23)13-3-4-14(26-13)17(24)25/h1-2,9,13-14H,3-8H2,(H,24,25)/t13-,14+/m0/s1. The third-order valence-corrected chi connectivity index (χ3v) is 4.92. The first-order valence-electron chi connectivity index (χ1n) is 8.28. The number of halogens is 2. The van der Waals surface area contributed by atoms with E-state index in [1.165, 1.54) is 12.1 Å². The van der Waals surface area contributed by atoms with E-state index in [-0.39, 0.29) is 22.4 Å². The lowest BCUT2D eigenvalue weighted by molar-refractivity contribution is -0.155. The maximum absolute atomic E-state index is 13.1. The van der Waals surface area contributed by atoms with Gasteiger partial charge >= 0.3 is 5.97 Å². The number of amides is 2. The highest BCUT2D eigenvalue weighted by atomic mass is 35.5. The Balaban J connectivity index is 1.56. The number of benzene rings is 1. The predicted octanol–water partition coefficient (Wildman–Crippen LogP) is 1.40. The van der Waals surface area contributed by atoms with E-state index in [2.05, 4.69) is 0 Å². The molecule has 2 amide bonds. The molecule has 2 aliphatic rings. The Morgan fingerprint density at radius 2 is 1.69 bits per heavy atom. The van der Waals surface area contributed by atoms with Gasteiger partial charge in [0.05, 0.1) is 10.6 Å². The van der Waals surface area contributed by atoms with Gasteiger partial charge in [-0.25, -0.2) is 9.18 Å². The maximum atomic E-state index is 13.1. The molecule has 0 aromatic heterocycles. The van der Waals surface area contributed by atoms with Crippen LogP contribution in [0.15, 0.2) is 18.2 Å². The Kier molecular flexibility index (Phi) is 5.43. The van der Waals surface area contributed by atoms with Gasteiger partial charge in [-0.1, -0.05) is 11.6 Å². The fraction of sp³-hybridized carbons (Fsp3) is 0.471. The molecule has 7 nitrogen and oxygen atoms in total.